The molecule has 0 unspecified atom stereocenters. The molecule has 0 N–H and O–H groups in total. The molecule has 24 heavy (non-hydrogen) atoms. The van der Waals surface area contributed by atoms with Crippen LogP contribution >= 0.6 is 11.3 Å². The van der Waals surface area contributed by atoms with Crippen LogP contribution in [0.3, 0.4) is 0 Å². The smallest absolute Gasteiger partial charge is 0.244 e. The Kier molecular flexibility index (Phi) is 5.98. The molecular formula is C17H29N3O2S2. The maximum atomic E-state index is 12.8. The summed E-state index contributed by atoms with van der Waals surface area (Å²) >= 11 is 1.56. The van der Waals surface area contributed by atoms with E-state index in [-0.39, 0.29) is 0 Å². The molecule has 3 rings (SSSR count). The summed E-state index contributed by atoms with van der Waals surface area (Å²) in [5.41, 5.74) is 0. The van der Waals surface area contributed by atoms with Gasteiger partial charge in [0.25, 0.3) is 0 Å². The van der Waals surface area contributed by atoms with Crippen LogP contribution in [0, 0.1) is 13.8 Å². The summed E-state index contributed by atoms with van der Waals surface area (Å²) in [6.45, 7) is 11.4. The lowest BCUT2D eigenvalue weighted by Crippen LogP contribution is -2.50. The molecule has 5 nitrogen and oxygen atoms in total. The van der Waals surface area contributed by atoms with Gasteiger partial charge in [0.15, 0.2) is 0 Å². The molecule has 0 amide bonds. The van der Waals surface area contributed by atoms with Crippen molar-refractivity contribution in [3.63, 3.8) is 0 Å². The lowest BCUT2D eigenvalue weighted by atomic mass is 10.1. The summed E-state index contributed by atoms with van der Waals surface area (Å²) < 4.78 is 27.3. The second kappa shape index (κ2) is 7.83. The summed E-state index contributed by atoms with van der Waals surface area (Å²) in [6.07, 6.45) is 4.02. The van der Waals surface area contributed by atoms with Gasteiger partial charge in [-0.2, -0.15) is 4.31 Å². The number of thiophene rings is 1. The Hall–Kier alpha value is -0.470. The van der Waals surface area contributed by atoms with E-state index in [2.05, 4.69) is 9.80 Å². The van der Waals surface area contributed by atoms with Crippen molar-refractivity contribution in [2.75, 3.05) is 52.4 Å². The molecule has 2 saturated heterocycles. The van der Waals surface area contributed by atoms with Crippen molar-refractivity contribution in [3.8, 4) is 0 Å². The molecule has 0 aromatic carbocycles. The fourth-order valence-electron chi connectivity index (χ4n) is 3.66. The van der Waals surface area contributed by atoms with E-state index >= 15 is 0 Å². The van der Waals surface area contributed by atoms with Gasteiger partial charge in [-0.15, -0.1) is 11.3 Å². The molecule has 1 aromatic rings. The Labute approximate surface area is 150 Å². The highest BCUT2D eigenvalue weighted by Crippen LogP contribution is 2.28. The third-order valence-corrected chi connectivity index (χ3v) is 8.25. The van der Waals surface area contributed by atoms with Crippen LogP contribution in [0.25, 0.3) is 0 Å². The van der Waals surface area contributed by atoms with Crippen LogP contribution in [0.2, 0.25) is 0 Å². The lowest BCUT2D eigenvalue weighted by Gasteiger charge is -2.35. The van der Waals surface area contributed by atoms with E-state index in [1.54, 1.807) is 15.6 Å². The molecule has 0 saturated carbocycles. The maximum absolute atomic E-state index is 12.8. The highest BCUT2D eigenvalue weighted by atomic mass is 32.2. The van der Waals surface area contributed by atoms with Gasteiger partial charge < -0.3 is 4.90 Å². The molecule has 3 heterocycles. The van der Waals surface area contributed by atoms with Crippen LogP contribution in [-0.4, -0.2) is 74.9 Å². The van der Waals surface area contributed by atoms with Crippen LogP contribution in [0.4, 0.5) is 0 Å². The number of sulfonamides is 1. The summed E-state index contributed by atoms with van der Waals surface area (Å²) in [7, 11) is -3.32. The third kappa shape index (κ3) is 4.19. The minimum atomic E-state index is -3.32. The predicted molar refractivity (Wildman–Crippen MR) is 99.3 cm³/mol. The summed E-state index contributed by atoms with van der Waals surface area (Å²) in [5.74, 6) is 0. The van der Waals surface area contributed by atoms with E-state index < -0.39 is 10.0 Å². The van der Waals surface area contributed by atoms with E-state index in [0.717, 1.165) is 35.9 Å². The molecule has 0 bridgehead atoms. The monoisotopic (exact) mass is 371 g/mol. The fraction of sp³-hybridized carbons (Fsp3) is 0.765. The Bertz CT molecular complexity index is 643. The van der Waals surface area contributed by atoms with E-state index in [1.807, 2.05) is 19.9 Å². The minimum absolute atomic E-state index is 0.506. The molecule has 0 aliphatic carbocycles. The van der Waals surface area contributed by atoms with Gasteiger partial charge in [-0.05, 0) is 45.8 Å². The zero-order valence-corrected chi connectivity index (χ0v) is 16.5. The van der Waals surface area contributed by atoms with Crippen LogP contribution in [0.1, 0.15) is 29.0 Å². The zero-order valence-electron chi connectivity index (χ0n) is 14.8. The number of nitrogens with zero attached hydrogens (tertiary/aromatic N) is 3. The maximum Gasteiger partial charge on any atom is 0.244 e. The average Bonchev–Trinajstić information content (AvgIpc) is 2.93. The van der Waals surface area contributed by atoms with Crippen molar-refractivity contribution >= 4 is 21.4 Å². The predicted octanol–water partition coefficient (Wildman–Crippen LogP) is 2.16. The molecule has 2 fully saturated rings. The normalized spacial score (nSPS) is 22.1. The quantitative estimate of drug-likeness (QED) is 0.796. The van der Waals surface area contributed by atoms with Gasteiger partial charge in [0.05, 0.1) is 4.90 Å². The van der Waals surface area contributed by atoms with E-state index in [1.165, 1.54) is 32.4 Å². The first-order valence-electron chi connectivity index (χ1n) is 8.99. The highest BCUT2D eigenvalue weighted by molar-refractivity contribution is 7.89. The Morgan fingerprint density at radius 1 is 0.917 bits per heavy atom. The number of hydrogen-bond acceptors (Lipinski definition) is 5. The molecule has 7 heteroatoms. The van der Waals surface area contributed by atoms with Gasteiger partial charge in [0.1, 0.15) is 0 Å². The van der Waals surface area contributed by atoms with Gasteiger partial charge in [-0.25, -0.2) is 8.42 Å². The van der Waals surface area contributed by atoms with Crippen LogP contribution in [0.15, 0.2) is 11.0 Å². The van der Waals surface area contributed by atoms with Crippen molar-refractivity contribution in [2.45, 2.75) is 38.0 Å². The third-order valence-electron chi connectivity index (χ3n) is 5.13. The molecule has 0 atom stereocenters. The Morgan fingerprint density at radius 3 is 2.04 bits per heavy atom. The second-order valence-corrected chi connectivity index (χ2v) is 10.3. The second-order valence-electron chi connectivity index (χ2n) is 6.93. The van der Waals surface area contributed by atoms with Gasteiger partial charge >= 0.3 is 0 Å². The SMILES string of the molecule is Cc1cc(S(=O)(=O)N2CCN(CCN3CCCCC3)CC2)c(C)s1. The number of piperidine rings is 1. The van der Waals surface area contributed by atoms with E-state index in [9.17, 15) is 8.42 Å². The largest absolute Gasteiger partial charge is 0.302 e. The van der Waals surface area contributed by atoms with E-state index in [4.69, 9.17) is 0 Å². The van der Waals surface area contributed by atoms with Gasteiger partial charge in [0, 0.05) is 49.0 Å². The fourth-order valence-corrected chi connectivity index (χ4v) is 6.61. The standard InChI is InChI=1S/C17H29N3O2S2/c1-15-14-17(16(2)23-15)24(21,22)20-12-10-19(11-13-20)9-8-18-6-4-3-5-7-18/h14H,3-13H2,1-2H3. The first kappa shape index (κ1) is 18.3. The molecule has 2 aliphatic rings. The molecule has 0 radical (unpaired) electrons. The van der Waals surface area contributed by atoms with Crippen molar-refractivity contribution < 1.29 is 8.42 Å². The average molecular weight is 372 g/mol. The van der Waals surface area contributed by atoms with Crippen molar-refractivity contribution in [2.24, 2.45) is 0 Å². The number of rotatable bonds is 5. The molecule has 2 aliphatic heterocycles. The molecule has 1 aromatic heterocycles. The lowest BCUT2D eigenvalue weighted by molar-refractivity contribution is 0.149. The van der Waals surface area contributed by atoms with Crippen LogP contribution < -0.4 is 0 Å². The van der Waals surface area contributed by atoms with Gasteiger partial charge in [-0.3, -0.25) is 4.90 Å². The van der Waals surface area contributed by atoms with Crippen molar-refractivity contribution in [1.82, 2.24) is 14.1 Å². The first-order valence-corrected chi connectivity index (χ1v) is 11.2. The van der Waals surface area contributed by atoms with Crippen LogP contribution in [-0.2, 0) is 10.0 Å². The number of aryl methyl sites for hydroxylation is 2. The molecular weight excluding hydrogens is 342 g/mol. The minimum Gasteiger partial charge on any atom is -0.302 e. The van der Waals surface area contributed by atoms with Gasteiger partial charge in [0.2, 0.25) is 10.0 Å². The number of hydrogen-bond donors (Lipinski definition) is 0. The number of likely N-dealkylation sites (tertiary alicyclic amines) is 1. The topological polar surface area (TPSA) is 43.9 Å². The van der Waals surface area contributed by atoms with Crippen molar-refractivity contribution in [3.05, 3.63) is 15.8 Å². The summed E-state index contributed by atoms with van der Waals surface area (Å²) in [6, 6.07) is 1.82. The van der Waals surface area contributed by atoms with E-state index in [0.29, 0.717) is 18.0 Å². The summed E-state index contributed by atoms with van der Waals surface area (Å²) in [5, 5.41) is 0. The molecule has 0 spiro atoms. The Morgan fingerprint density at radius 2 is 1.50 bits per heavy atom. The van der Waals surface area contributed by atoms with Gasteiger partial charge in [-0.1, -0.05) is 6.42 Å². The zero-order chi connectivity index (χ0) is 17.2. The first-order chi connectivity index (χ1) is 11.5. The van der Waals surface area contributed by atoms with Crippen LogP contribution in [0.5, 0.6) is 0 Å². The molecule has 136 valence electrons. The highest BCUT2D eigenvalue weighted by Gasteiger charge is 2.30. The van der Waals surface area contributed by atoms with Crippen molar-refractivity contribution in [1.29, 1.82) is 0 Å². The Balaban J connectivity index is 1.52. The summed E-state index contributed by atoms with van der Waals surface area (Å²) in [4.78, 5) is 7.43. The number of piperazine rings is 1.